The molecular formula is C11H10Cl3N5. The number of rotatable bonds is 2. The van der Waals surface area contributed by atoms with Crippen molar-refractivity contribution in [3.63, 3.8) is 0 Å². The highest BCUT2D eigenvalue weighted by Crippen LogP contribution is 2.34. The predicted octanol–water partition coefficient (Wildman–Crippen LogP) is 3.63. The minimum atomic E-state index is 0. The smallest absolute Gasteiger partial charge is 0.161 e. The van der Waals surface area contributed by atoms with Gasteiger partial charge in [-0.15, -0.1) is 0 Å². The van der Waals surface area contributed by atoms with E-state index in [0.29, 0.717) is 26.6 Å². The van der Waals surface area contributed by atoms with E-state index in [9.17, 15) is 0 Å². The van der Waals surface area contributed by atoms with E-state index in [1.807, 2.05) is 6.07 Å². The molecule has 5 nitrogen and oxygen atoms in total. The minimum absolute atomic E-state index is 0. The lowest BCUT2D eigenvalue weighted by Gasteiger charge is -2.11. The summed E-state index contributed by atoms with van der Waals surface area (Å²) in [7, 11) is 0. The zero-order valence-corrected chi connectivity index (χ0v) is 11.1. The molecule has 0 aliphatic carbocycles. The lowest BCUT2D eigenvalue weighted by Crippen LogP contribution is -2.13. The molecule has 1 aromatic heterocycles. The molecule has 0 saturated carbocycles. The Hall–Kier alpha value is -1.45. The number of nitrogens with zero attached hydrogens (tertiary/aromatic N) is 3. The van der Waals surface area contributed by atoms with Crippen LogP contribution in [0.5, 0.6) is 0 Å². The van der Waals surface area contributed by atoms with Crippen molar-refractivity contribution in [1.82, 2.24) is 9.78 Å². The van der Waals surface area contributed by atoms with Crippen LogP contribution in [0.3, 0.4) is 0 Å². The molecule has 0 fully saturated rings. The Morgan fingerprint density at radius 2 is 1.84 bits per heavy atom. The molecule has 0 bridgehead atoms. The third kappa shape index (κ3) is 2.77. The summed E-state index contributed by atoms with van der Waals surface area (Å²) in [6, 6.07) is 5.00. The van der Waals surface area contributed by atoms with Crippen LogP contribution in [0.25, 0.3) is 5.69 Å². The lowest BCUT2D eigenvalue weighted by atomic mass is 10.3. The average molecular weight is 319 g/mol. The van der Waals surface area contributed by atoms with Gasteiger partial charge in [0.2, 0.25) is 0 Å². The normalized spacial score (nSPS) is 9.63. The first-order chi connectivity index (χ1) is 8.58. The van der Waals surface area contributed by atoms with Crippen LogP contribution in [-0.2, 0) is 0 Å². The molecule has 1 aromatic carbocycles. The number of hydrazine groups is 1. The van der Waals surface area contributed by atoms with Gasteiger partial charge in [0.05, 0.1) is 16.2 Å². The number of nitriles is 1. The molecular weight excluding hydrogens is 309 g/mol. The molecule has 0 radical (unpaired) electrons. The third-order valence-electron chi connectivity index (χ3n) is 2.22. The fourth-order valence-electron chi connectivity index (χ4n) is 1.48. The van der Waals surface area contributed by atoms with Gasteiger partial charge in [0.15, 0.2) is 5.82 Å². The van der Waals surface area contributed by atoms with Crippen LogP contribution in [-0.4, -0.2) is 9.78 Å². The van der Waals surface area contributed by atoms with E-state index in [-0.39, 0.29) is 13.0 Å². The van der Waals surface area contributed by atoms with Crippen molar-refractivity contribution in [1.29, 1.82) is 5.26 Å². The number of benzene rings is 1. The predicted molar refractivity (Wildman–Crippen MR) is 77.9 cm³/mol. The molecule has 0 atom stereocenters. The number of anilines is 1. The SMILES string of the molecule is C.N#Cc1cnn(-c2c(Cl)cc(Cl)cc2Cl)c1NN. The molecule has 0 aliphatic rings. The molecule has 2 aromatic rings. The topological polar surface area (TPSA) is 79.7 Å². The van der Waals surface area contributed by atoms with Crippen LogP contribution in [0.1, 0.15) is 13.0 Å². The second-order valence-corrected chi connectivity index (χ2v) is 4.54. The molecule has 3 N–H and O–H groups in total. The first-order valence-corrected chi connectivity index (χ1v) is 5.81. The van der Waals surface area contributed by atoms with Crippen molar-refractivity contribution in [3.05, 3.63) is 39.0 Å². The van der Waals surface area contributed by atoms with E-state index in [4.69, 9.17) is 45.9 Å². The van der Waals surface area contributed by atoms with Gasteiger partial charge in [0, 0.05) is 5.02 Å². The highest BCUT2D eigenvalue weighted by molar-refractivity contribution is 6.40. The quantitative estimate of drug-likeness (QED) is 0.654. The molecule has 0 spiro atoms. The molecule has 2 rings (SSSR count). The Balaban J connectivity index is 0.00000180. The summed E-state index contributed by atoms with van der Waals surface area (Å²) in [5, 5.41) is 13.9. The minimum Gasteiger partial charge on any atom is -0.307 e. The van der Waals surface area contributed by atoms with Crippen LogP contribution in [0.4, 0.5) is 5.82 Å². The van der Waals surface area contributed by atoms with E-state index in [0.717, 1.165) is 0 Å². The zero-order valence-electron chi connectivity index (χ0n) is 8.78. The van der Waals surface area contributed by atoms with E-state index in [1.54, 1.807) is 0 Å². The van der Waals surface area contributed by atoms with Crippen molar-refractivity contribution in [3.8, 4) is 11.8 Å². The van der Waals surface area contributed by atoms with E-state index in [2.05, 4.69) is 10.5 Å². The molecule has 0 amide bonds. The Labute approximate surface area is 125 Å². The van der Waals surface area contributed by atoms with Crippen LogP contribution in [0.15, 0.2) is 18.3 Å². The monoisotopic (exact) mass is 317 g/mol. The zero-order chi connectivity index (χ0) is 13.3. The van der Waals surface area contributed by atoms with Gasteiger partial charge in [0.25, 0.3) is 0 Å². The third-order valence-corrected chi connectivity index (χ3v) is 3.01. The Bertz CT molecular complexity index is 621. The molecule has 8 heteroatoms. The molecule has 100 valence electrons. The number of nitrogens with two attached hydrogens (primary N) is 1. The molecule has 19 heavy (non-hydrogen) atoms. The van der Waals surface area contributed by atoms with Gasteiger partial charge < -0.3 is 5.43 Å². The summed E-state index contributed by atoms with van der Waals surface area (Å²) in [5.74, 6) is 5.66. The maximum absolute atomic E-state index is 8.91. The van der Waals surface area contributed by atoms with Crippen molar-refractivity contribution in [2.45, 2.75) is 7.43 Å². The van der Waals surface area contributed by atoms with Crippen molar-refractivity contribution >= 4 is 40.6 Å². The first-order valence-electron chi connectivity index (χ1n) is 4.68. The van der Waals surface area contributed by atoms with Crippen molar-refractivity contribution < 1.29 is 0 Å². The summed E-state index contributed by atoms with van der Waals surface area (Å²) in [6.45, 7) is 0. The van der Waals surface area contributed by atoms with Crippen molar-refractivity contribution in [2.75, 3.05) is 5.43 Å². The largest absolute Gasteiger partial charge is 0.307 e. The van der Waals surface area contributed by atoms with Gasteiger partial charge in [-0.3, -0.25) is 0 Å². The van der Waals surface area contributed by atoms with E-state index in [1.165, 1.54) is 23.0 Å². The second kappa shape index (κ2) is 6.13. The second-order valence-electron chi connectivity index (χ2n) is 3.29. The van der Waals surface area contributed by atoms with Crippen LogP contribution in [0.2, 0.25) is 15.1 Å². The van der Waals surface area contributed by atoms with Gasteiger partial charge in [-0.05, 0) is 12.1 Å². The molecule has 0 aliphatic heterocycles. The van der Waals surface area contributed by atoms with Gasteiger partial charge in [0.1, 0.15) is 17.3 Å². The Kier molecular flexibility index (Phi) is 5.04. The highest BCUT2D eigenvalue weighted by atomic mass is 35.5. The van der Waals surface area contributed by atoms with Crippen LogP contribution < -0.4 is 11.3 Å². The fourth-order valence-corrected chi connectivity index (χ4v) is 2.45. The number of aromatic nitrogens is 2. The number of hydrogen-bond donors (Lipinski definition) is 2. The summed E-state index contributed by atoms with van der Waals surface area (Å²) in [4.78, 5) is 0. The molecule has 0 unspecified atom stereocenters. The number of halogens is 3. The Morgan fingerprint density at radius 3 is 2.32 bits per heavy atom. The van der Waals surface area contributed by atoms with E-state index < -0.39 is 0 Å². The molecule has 1 heterocycles. The standard InChI is InChI=1S/C10H6Cl3N5.CH4/c11-6-1-7(12)9(8(13)2-6)18-10(17-15)5(3-14)4-16-18;/h1-2,4,17H,15H2;1H4. The number of nitrogens with one attached hydrogen (secondary N) is 1. The van der Waals surface area contributed by atoms with Gasteiger partial charge in [-0.2, -0.15) is 10.4 Å². The lowest BCUT2D eigenvalue weighted by molar-refractivity contribution is 0.881. The van der Waals surface area contributed by atoms with E-state index >= 15 is 0 Å². The van der Waals surface area contributed by atoms with Gasteiger partial charge >= 0.3 is 0 Å². The molecule has 0 saturated heterocycles. The maximum Gasteiger partial charge on any atom is 0.161 e. The summed E-state index contributed by atoms with van der Waals surface area (Å²) < 4.78 is 1.35. The van der Waals surface area contributed by atoms with Gasteiger partial charge in [-0.1, -0.05) is 42.2 Å². The summed E-state index contributed by atoms with van der Waals surface area (Å²) >= 11 is 18.0. The number of hydrogen-bond acceptors (Lipinski definition) is 4. The summed E-state index contributed by atoms with van der Waals surface area (Å²) in [6.07, 6.45) is 1.36. The van der Waals surface area contributed by atoms with Gasteiger partial charge in [-0.25, -0.2) is 10.5 Å². The maximum atomic E-state index is 8.91. The van der Waals surface area contributed by atoms with Crippen molar-refractivity contribution in [2.24, 2.45) is 5.84 Å². The number of nitrogen functional groups attached to an aromatic ring is 1. The van der Waals surface area contributed by atoms with Crippen LogP contribution >= 0.6 is 34.8 Å². The van der Waals surface area contributed by atoms with Crippen LogP contribution in [0, 0.1) is 11.3 Å². The highest BCUT2D eigenvalue weighted by Gasteiger charge is 2.16. The average Bonchev–Trinajstić information content (AvgIpc) is 2.70. The summed E-state index contributed by atoms with van der Waals surface area (Å²) in [5.41, 5.74) is 3.07. The fraction of sp³-hybridized carbons (Fsp3) is 0.0909. The first kappa shape index (κ1) is 15.6. The Morgan fingerprint density at radius 1 is 1.26 bits per heavy atom.